The van der Waals surface area contributed by atoms with E-state index in [1.54, 1.807) is 30.0 Å². The summed E-state index contributed by atoms with van der Waals surface area (Å²) in [6, 6.07) is 8.07. The molecule has 0 amide bonds. The monoisotopic (exact) mass is 401 g/mol. The highest BCUT2D eigenvalue weighted by Crippen LogP contribution is 2.36. The van der Waals surface area contributed by atoms with Crippen molar-refractivity contribution in [3.05, 3.63) is 52.5 Å². The minimum atomic E-state index is -4.49. The molecule has 0 saturated heterocycles. The minimum Gasteiger partial charge on any atom is -0.395 e. The van der Waals surface area contributed by atoms with E-state index in [1.165, 1.54) is 0 Å². The Balaban J connectivity index is 2.27. The largest absolute Gasteiger partial charge is 0.416 e. The molecule has 2 rings (SSSR count). The molecule has 0 heterocycles. The van der Waals surface area contributed by atoms with Crippen molar-refractivity contribution in [1.29, 1.82) is 0 Å². The van der Waals surface area contributed by atoms with Crippen molar-refractivity contribution in [2.75, 3.05) is 31.2 Å². The molecule has 0 saturated carbocycles. The Hall–Kier alpha value is -2.16. The lowest BCUT2D eigenvalue weighted by molar-refractivity contribution is -0.137. The van der Waals surface area contributed by atoms with Crippen LogP contribution in [0.25, 0.3) is 0 Å². The van der Waals surface area contributed by atoms with Crippen molar-refractivity contribution in [3.8, 4) is 0 Å². The van der Waals surface area contributed by atoms with E-state index in [1.807, 2.05) is 0 Å². The van der Waals surface area contributed by atoms with Crippen LogP contribution in [-0.4, -0.2) is 36.5 Å². The van der Waals surface area contributed by atoms with E-state index in [4.69, 9.17) is 21.8 Å². The summed E-state index contributed by atoms with van der Waals surface area (Å²) in [5.74, 6) is 0. The molecule has 0 unspecified atom stereocenters. The number of aryl methyl sites for hydroxylation is 1. The van der Waals surface area contributed by atoms with Crippen LogP contribution >= 0.6 is 11.6 Å². The number of aliphatic hydroxyl groups excluding tert-OH is 2. The maximum Gasteiger partial charge on any atom is 0.416 e. The number of aliphatic hydroxyl groups is 2. The molecule has 2 N–H and O–H groups in total. The van der Waals surface area contributed by atoms with Gasteiger partial charge in [-0.2, -0.15) is 18.3 Å². The lowest BCUT2D eigenvalue weighted by atomic mass is 10.1. The van der Waals surface area contributed by atoms with E-state index in [0.717, 1.165) is 29.4 Å². The van der Waals surface area contributed by atoms with Gasteiger partial charge in [-0.25, -0.2) is 0 Å². The van der Waals surface area contributed by atoms with E-state index in [2.05, 4.69) is 10.2 Å². The summed E-state index contributed by atoms with van der Waals surface area (Å²) >= 11 is 5.91. The standard InChI is InChI=1S/C18H19ClF3N3O2/c1-12-10-14(25(6-8-26)7-9-27)3-5-16(12)23-24-17-11-13(18(20,21)22)2-4-15(17)19/h2-5,10-11,26-27H,6-9H2,1H3. The third-order valence-corrected chi connectivity index (χ3v) is 4.14. The zero-order valence-electron chi connectivity index (χ0n) is 14.5. The number of benzene rings is 2. The molecular weight excluding hydrogens is 383 g/mol. The summed E-state index contributed by atoms with van der Waals surface area (Å²) in [7, 11) is 0. The van der Waals surface area contributed by atoms with Crippen LogP contribution < -0.4 is 4.90 Å². The van der Waals surface area contributed by atoms with Crippen LogP contribution in [0.5, 0.6) is 0 Å². The van der Waals surface area contributed by atoms with Crippen molar-refractivity contribution in [3.63, 3.8) is 0 Å². The molecule has 2 aromatic carbocycles. The molecule has 0 aliphatic heterocycles. The van der Waals surface area contributed by atoms with Gasteiger partial charge in [0.1, 0.15) is 5.69 Å². The number of rotatable bonds is 7. The molecule has 0 aromatic heterocycles. The Morgan fingerprint density at radius 2 is 1.59 bits per heavy atom. The molecule has 0 aliphatic rings. The first kappa shape index (κ1) is 21.1. The predicted molar refractivity (Wildman–Crippen MR) is 98.2 cm³/mol. The summed E-state index contributed by atoms with van der Waals surface area (Å²) in [4.78, 5) is 1.80. The van der Waals surface area contributed by atoms with Crippen molar-refractivity contribution < 1.29 is 23.4 Å². The summed E-state index contributed by atoms with van der Waals surface area (Å²) in [5, 5.41) is 26.2. The van der Waals surface area contributed by atoms with Crippen molar-refractivity contribution >= 4 is 28.7 Å². The summed E-state index contributed by atoms with van der Waals surface area (Å²) in [6.07, 6.45) is -4.49. The van der Waals surface area contributed by atoms with Gasteiger partial charge < -0.3 is 15.1 Å². The average Bonchev–Trinajstić information content (AvgIpc) is 2.60. The normalized spacial score (nSPS) is 12.0. The number of azo groups is 1. The summed E-state index contributed by atoms with van der Waals surface area (Å²) in [5.41, 5.74) is 1.07. The van der Waals surface area contributed by atoms with E-state index >= 15 is 0 Å². The highest BCUT2D eigenvalue weighted by Gasteiger charge is 2.31. The van der Waals surface area contributed by atoms with E-state index in [9.17, 15) is 13.2 Å². The fourth-order valence-corrected chi connectivity index (χ4v) is 2.59. The van der Waals surface area contributed by atoms with Gasteiger partial charge >= 0.3 is 6.18 Å². The fraction of sp³-hybridized carbons (Fsp3) is 0.333. The Labute approximate surface area is 159 Å². The fourth-order valence-electron chi connectivity index (χ4n) is 2.43. The predicted octanol–water partition coefficient (Wildman–Crippen LogP) is 4.87. The number of hydrogen-bond acceptors (Lipinski definition) is 5. The number of halogens is 4. The third-order valence-electron chi connectivity index (χ3n) is 3.82. The molecule has 0 bridgehead atoms. The topological polar surface area (TPSA) is 68.4 Å². The maximum absolute atomic E-state index is 12.8. The Morgan fingerprint density at radius 1 is 0.963 bits per heavy atom. The molecule has 0 fully saturated rings. The molecule has 2 aromatic rings. The smallest absolute Gasteiger partial charge is 0.395 e. The molecule has 27 heavy (non-hydrogen) atoms. The van der Waals surface area contributed by atoms with Crippen LogP contribution in [0.2, 0.25) is 5.02 Å². The number of hydrogen-bond donors (Lipinski definition) is 2. The van der Waals surface area contributed by atoms with Gasteiger partial charge in [-0.1, -0.05) is 11.6 Å². The minimum absolute atomic E-state index is 0.0610. The SMILES string of the molecule is Cc1cc(N(CCO)CCO)ccc1N=Nc1cc(C(F)(F)F)ccc1Cl. The molecule has 9 heteroatoms. The van der Waals surface area contributed by atoms with Gasteiger partial charge in [-0.3, -0.25) is 0 Å². The van der Waals surface area contributed by atoms with E-state index in [-0.39, 0.29) is 23.9 Å². The molecular formula is C18H19ClF3N3O2. The van der Waals surface area contributed by atoms with Crippen LogP contribution in [0.3, 0.4) is 0 Å². The van der Waals surface area contributed by atoms with Crippen molar-refractivity contribution in [2.45, 2.75) is 13.1 Å². The zero-order chi connectivity index (χ0) is 20.0. The first-order valence-corrected chi connectivity index (χ1v) is 8.50. The summed E-state index contributed by atoms with van der Waals surface area (Å²) < 4.78 is 38.5. The molecule has 0 spiro atoms. The van der Waals surface area contributed by atoms with Crippen LogP contribution in [-0.2, 0) is 6.18 Å². The third kappa shape index (κ3) is 5.66. The second kappa shape index (κ2) is 9.16. The van der Waals surface area contributed by atoms with Gasteiger partial charge in [0.15, 0.2) is 0 Å². The van der Waals surface area contributed by atoms with Crippen molar-refractivity contribution in [1.82, 2.24) is 0 Å². The second-order valence-corrected chi connectivity index (χ2v) is 6.18. The van der Waals surface area contributed by atoms with Gasteiger partial charge in [0, 0.05) is 18.8 Å². The number of nitrogens with zero attached hydrogens (tertiary/aromatic N) is 3. The number of alkyl halides is 3. The quantitative estimate of drug-likeness (QED) is 0.650. The highest BCUT2D eigenvalue weighted by molar-refractivity contribution is 6.33. The van der Waals surface area contributed by atoms with Crippen LogP contribution in [0.1, 0.15) is 11.1 Å². The van der Waals surface area contributed by atoms with Crippen LogP contribution in [0, 0.1) is 6.92 Å². The van der Waals surface area contributed by atoms with Gasteiger partial charge in [-0.15, -0.1) is 5.11 Å². The van der Waals surface area contributed by atoms with E-state index in [0.29, 0.717) is 18.8 Å². The van der Waals surface area contributed by atoms with Gasteiger partial charge in [-0.05, 0) is 48.9 Å². The highest BCUT2D eigenvalue weighted by atomic mass is 35.5. The molecule has 0 atom stereocenters. The van der Waals surface area contributed by atoms with Gasteiger partial charge in [0.25, 0.3) is 0 Å². The van der Waals surface area contributed by atoms with Crippen LogP contribution in [0.4, 0.5) is 30.2 Å². The Kier molecular flexibility index (Phi) is 7.18. The lowest BCUT2D eigenvalue weighted by Crippen LogP contribution is -2.29. The molecule has 5 nitrogen and oxygen atoms in total. The Morgan fingerprint density at radius 3 is 2.15 bits per heavy atom. The second-order valence-electron chi connectivity index (χ2n) is 5.77. The first-order chi connectivity index (χ1) is 12.8. The lowest BCUT2D eigenvalue weighted by Gasteiger charge is -2.23. The van der Waals surface area contributed by atoms with E-state index < -0.39 is 11.7 Å². The first-order valence-electron chi connectivity index (χ1n) is 8.12. The van der Waals surface area contributed by atoms with Crippen molar-refractivity contribution in [2.24, 2.45) is 10.2 Å². The number of anilines is 1. The molecule has 146 valence electrons. The van der Waals surface area contributed by atoms with Gasteiger partial charge in [0.2, 0.25) is 0 Å². The average molecular weight is 402 g/mol. The maximum atomic E-state index is 12.8. The zero-order valence-corrected chi connectivity index (χ0v) is 15.3. The molecule has 0 radical (unpaired) electrons. The Bertz CT molecular complexity index is 807. The molecule has 0 aliphatic carbocycles. The van der Waals surface area contributed by atoms with Crippen LogP contribution in [0.15, 0.2) is 46.6 Å². The summed E-state index contributed by atoms with van der Waals surface area (Å²) in [6.45, 7) is 2.38. The van der Waals surface area contributed by atoms with Gasteiger partial charge in [0.05, 0.1) is 29.5 Å².